The number of fused-ring (bicyclic) bond motifs is 3. The van der Waals surface area contributed by atoms with Gasteiger partial charge in [0.05, 0.1) is 29.0 Å². The van der Waals surface area contributed by atoms with Crippen LogP contribution in [0.5, 0.6) is 0 Å². The average molecular weight is 468 g/mol. The topological polar surface area (TPSA) is 95.0 Å². The highest BCUT2D eigenvalue weighted by molar-refractivity contribution is 6.37. The summed E-state index contributed by atoms with van der Waals surface area (Å²) in [6.07, 6.45) is 7.52. The number of benzene rings is 1. The zero-order valence-corrected chi connectivity index (χ0v) is 19.4. The molecule has 9 heteroatoms. The number of carbonyl (C=O) groups excluding carboxylic acids is 1. The number of hydrogen-bond donors (Lipinski definition) is 1. The van der Waals surface area contributed by atoms with Crippen LogP contribution in [-0.2, 0) is 18.3 Å². The number of amides is 1. The fourth-order valence-corrected chi connectivity index (χ4v) is 5.32. The zero-order chi connectivity index (χ0) is 23.1. The summed E-state index contributed by atoms with van der Waals surface area (Å²) in [5.41, 5.74) is 1.95. The van der Waals surface area contributed by atoms with Crippen molar-refractivity contribution in [2.45, 2.75) is 45.1 Å². The second-order valence-corrected chi connectivity index (χ2v) is 9.38. The minimum absolute atomic E-state index is 0.0172. The van der Waals surface area contributed by atoms with E-state index in [0.717, 1.165) is 42.3 Å². The molecule has 1 fully saturated rings. The molecule has 5 rings (SSSR count). The predicted molar refractivity (Wildman–Crippen MR) is 126 cm³/mol. The second kappa shape index (κ2) is 8.67. The number of nitrogens with one attached hydrogen (secondary N) is 1. The SMILES string of the molecule is Cc1onc2c1c(=O)n([C@H]1CCC[C@@H](CNC(=O)Cc3cn(C)cn3)C1)c1cccc(Cl)c21. The highest BCUT2D eigenvalue weighted by Crippen LogP contribution is 2.36. The van der Waals surface area contributed by atoms with Crippen molar-refractivity contribution in [2.75, 3.05) is 6.54 Å². The van der Waals surface area contributed by atoms with E-state index in [1.54, 1.807) is 13.3 Å². The normalized spacial score (nSPS) is 18.8. The van der Waals surface area contributed by atoms with Crippen LogP contribution in [0.4, 0.5) is 0 Å². The summed E-state index contributed by atoms with van der Waals surface area (Å²) in [6.45, 7) is 2.34. The van der Waals surface area contributed by atoms with Crippen LogP contribution in [0, 0.1) is 12.8 Å². The van der Waals surface area contributed by atoms with E-state index in [9.17, 15) is 9.59 Å². The third-order valence-corrected chi connectivity index (χ3v) is 6.91. The molecule has 1 aliphatic carbocycles. The molecule has 172 valence electrons. The van der Waals surface area contributed by atoms with Crippen LogP contribution in [0.3, 0.4) is 0 Å². The van der Waals surface area contributed by atoms with Crippen LogP contribution >= 0.6 is 11.6 Å². The maximum absolute atomic E-state index is 13.6. The lowest BCUT2D eigenvalue weighted by Gasteiger charge is -2.31. The molecule has 1 amide bonds. The summed E-state index contributed by atoms with van der Waals surface area (Å²) < 4.78 is 9.06. The number of rotatable bonds is 5. The minimum Gasteiger partial charge on any atom is -0.360 e. The maximum Gasteiger partial charge on any atom is 0.264 e. The molecule has 1 N–H and O–H groups in total. The number of carbonyl (C=O) groups is 1. The van der Waals surface area contributed by atoms with Crippen LogP contribution in [0.2, 0.25) is 5.02 Å². The molecule has 0 saturated heterocycles. The van der Waals surface area contributed by atoms with Gasteiger partial charge in [0.15, 0.2) is 0 Å². The van der Waals surface area contributed by atoms with Gasteiger partial charge in [-0.2, -0.15) is 0 Å². The van der Waals surface area contributed by atoms with Gasteiger partial charge in [0.2, 0.25) is 5.91 Å². The molecule has 2 atom stereocenters. The van der Waals surface area contributed by atoms with Crippen molar-refractivity contribution >= 4 is 39.3 Å². The lowest BCUT2D eigenvalue weighted by Crippen LogP contribution is -2.35. The summed E-state index contributed by atoms with van der Waals surface area (Å²) in [5, 5.41) is 8.97. The Morgan fingerprint density at radius 2 is 2.15 bits per heavy atom. The highest BCUT2D eigenvalue weighted by Gasteiger charge is 2.28. The smallest absolute Gasteiger partial charge is 0.264 e. The van der Waals surface area contributed by atoms with Gasteiger partial charge in [0, 0.05) is 31.2 Å². The quantitative estimate of drug-likeness (QED) is 0.480. The Morgan fingerprint density at radius 1 is 1.30 bits per heavy atom. The van der Waals surface area contributed by atoms with Crippen LogP contribution < -0.4 is 10.9 Å². The van der Waals surface area contributed by atoms with Crippen molar-refractivity contribution in [1.82, 2.24) is 24.6 Å². The fourth-order valence-electron chi connectivity index (χ4n) is 5.06. The molecule has 0 unspecified atom stereocenters. The van der Waals surface area contributed by atoms with Gasteiger partial charge in [-0.15, -0.1) is 0 Å². The number of halogens is 1. The van der Waals surface area contributed by atoms with Gasteiger partial charge in [0.1, 0.15) is 16.7 Å². The van der Waals surface area contributed by atoms with E-state index < -0.39 is 0 Å². The molecule has 1 aliphatic rings. The Morgan fingerprint density at radius 3 is 2.94 bits per heavy atom. The minimum atomic E-state index is -0.0941. The lowest BCUT2D eigenvalue weighted by atomic mass is 9.85. The lowest BCUT2D eigenvalue weighted by molar-refractivity contribution is -0.120. The van der Waals surface area contributed by atoms with Gasteiger partial charge >= 0.3 is 0 Å². The standard InChI is InChI=1S/C24H26ClN5O3/c1-14-21-23(28-33-14)22-18(25)7-4-8-19(22)30(24(21)32)17-6-3-5-15(9-17)11-26-20(31)10-16-12-29(2)13-27-16/h4,7-8,12-13,15,17H,3,5-6,9-11H2,1-2H3,(H,26,31)/t15-,17+/m1/s1. The number of nitrogens with zero attached hydrogens (tertiary/aromatic N) is 4. The molecule has 8 nitrogen and oxygen atoms in total. The molecule has 1 aromatic carbocycles. The van der Waals surface area contributed by atoms with Crippen molar-refractivity contribution in [1.29, 1.82) is 0 Å². The summed E-state index contributed by atoms with van der Waals surface area (Å²) in [4.78, 5) is 30.2. The molecule has 0 aliphatic heterocycles. The summed E-state index contributed by atoms with van der Waals surface area (Å²) in [5.74, 6) is 0.753. The number of aromatic nitrogens is 4. The first kappa shape index (κ1) is 21.7. The predicted octanol–water partition coefficient (Wildman–Crippen LogP) is 3.93. The monoisotopic (exact) mass is 467 g/mol. The van der Waals surface area contributed by atoms with Gasteiger partial charge < -0.3 is 19.0 Å². The third kappa shape index (κ3) is 4.04. The second-order valence-electron chi connectivity index (χ2n) is 8.97. The third-order valence-electron chi connectivity index (χ3n) is 6.59. The molecule has 1 saturated carbocycles. The number of aryl methyl sites for hydroxylation is 2. The Balaban J connectivity index is 1.40. The maximum atomic E-state index is 13.6. The molecule has 0 radical (unpaired) electrons. The Hall–Kier alpha value is -3.13. The number of imidazole rings is 1. The van der Waals surface area contributed by atoms with E-state index in [1.165, 1.54) is 0 Å². The van der Waals surface area contributed by atoms with Crippen molar-refractivity contribution < 1.29 is 9.32 Å². The van der Waals surface area contributed by atoms with Crippen LogP contribution in [0.25, 0.3) is 21.8 Å². The molecule has 4 aromatic rings. The van der Waals surface area contributed by atoms with Crippen molar-refractivity contribution in [3.8, 4) is 0 Å². The van der Waals surface area contributed by atoms with Gasteiger partial charge in [-0.05, 0) is 44.2 Å². The van der Waals surface area contributed by atoms with Crippen LogP contribution in [-0.4, -0.2) is 31.7 Å². The molecular weight excluding hydrogens is 442 g/mol. The summed E-state index contributed by atoms with van der Waals surface area (Å²) in [7, 11) is 1.88. The number of pyridine rings is 1. The largest absolute Gasteiger partial charge is 0.360 e. The average Bonchev–Trinajstić information content (AvgIpc) is 3.38. The van der Waals surface area contributed by atoms with E-state index in [0.29, 0.717) is 28.2 Å². The van der Waals surface area contributed by atoms with E-state index in [2.05, 4.69) is 15.5 Å². The van der Waals surface area contributed by atoms with E-state index in [4.69, 9.17) is 16.1 Å². The number of hydrogen-bond acceptors (Lipinski definition) is 5. The first-order valence-electron chi connectivity index (χ1n) is 11.2. The van der Waals surface area contributed by atoms with Crippen molar-refractivity contribution in [2.24, 2.45) is 13.0 Å². The first-order valence-corrected chi connectivity index (χ1v) is 11.6. The van der Waals surface area contributed by atoms with Gasteiger partial charge in [-0.25, -0.2) is 4.98 Å². The first-order chi connectivity index (χ1) is 15.9. The van der Waals surface area contributed by atoms with E-state index >= 15 is 0 Å². The van der Waals surface area contributed by atoms with Gasteiger partial charge in [-0.1, -0.05) is 29.2 Å². The van der Waals surface area contributed by atoms with Crippen molar-refractivity contribution in [3.05, 3.63) is 57.6 Å². The molecule has 3 heterocycles. The van der Waals surface area contributed by atoms with Crippen molar-refractivity contribution in [3.63, 3.8) is 0 Å². The van der Waals surface area contributed by atoms with Gasteiger partial charge in [-0.3, -0.25) is 9.59 Å². The van der Waals surface area contributed by atoms with E-state index in [1.807, 2.05) is 40.6 Å². The Bertz CT molecular complexity index is 1400. The zero-order valence-electron chi connectivity index (χ0n) is 18.7. The molecular formula is C24H26ClN5O3. The fraction of sp³-hybridized carbons (Fsp3) is 0.417. The molecule has 0 spiro atoms. The molecule has 3 aromatic heterocycles. The Kier molecular flexibility index (Phi) is 5.70. The van der Waals surface area contributed by atoms with Crippen LogP contribution in [0.15, 0.2) is 40.0 Å². The molecule has 0 bridgehead atoms. The van der Waals surface area contributed by atoms with E-state index in [-0.39, 0.29) is 29.8 Å². The molecule has 33 heavy (non-hydrogen) atoms. The summed E-state index contributed by atoms with van der Waals surface area (Å²) >= 11 is 6.54. The Labute approximate surface area is 195 Å². The highest BCUT2D eigenvalue weighted by atomic mass is 35.5. The van der Waals surface area contributed by atoms with Gasteiger partial charge in [0.25, 0.3) is 5.56 Å². The summed E-state index contributed by atoms with van der Waals surface area (Å²) in [6, 6.07) is 5.61. The van der Waals surface area contributed by atoms with Crippen LogP contribution in [0.1, 0.15) is 43.2 Å².